The number of carbonyl (C=O) groups excluding carboxylic acids is 3. The van der Waals surface area contributed by atoms with Gasteiger partial charge in [0.05, 0.1) is 16.8 Å². The molecule has 1 aromatic heterocycles. The molecule has 3 aromatic rings. The molecule has 1 aliphatic rings. The second kappa shape index (κ2) is 8.19. The molecule has 1 atom stereocenters. The molecule has 4 rings (SSSR count). The molecule has 3 N–H and O–H groups in total. The van der Waals surface area contributed by atoms with Gasteiger partial charge in [-0.3, -0.25) is 15.0 Å². The topological polar surface area (TPSA) is 107 Å². The molecular weight excluding hydrogens is 402 g/mol. The van der Waals surface area contributed by atoms with Crippen molar-refractivity contribution in [3.8, 4) is 0 Å². The zero-order chi connectivity index (χ0) is 21.1. The molecule has 1 saturated heterocycles. The highest BCUT2D eigenvalue weighted by atomic mass is 32.2. The van der Waals surface area contributed by atoms with Gasteiger partial charge in [0, 0.05) is 0 Å². The van der Waals surface area contributed by atoms with Gasteiger partial charge < -0.3 is 10.3 Å². The molecule has 9 heteroatoms. The highest BCUT2D eigenvalue weighted by Gasteiger charge is 2.48. The Labute approximate surface area is 177 Å². The van der Waals surface area contributed by atoms with E-state index in [1.807, 2.05) is 54.6 Å². The monoisotopic (exact) mass is 423 g/mol. The molecule has 0 aliphatic carbocycles. The summed E-state index contributed by atoms with van der Waals surface area (Å²) in [6.07, 6.45) is 1.06. The number of hydrogen-bond donors (Lipinski definition) is 3. The van der Waals surface area contributed by atoms with Crippen molar-refractivity contribution >= 4 is 40.6 Å². The number of benzene rings is 2. The molecule has 0 bridgehead atoms. The Hall–Kier alpha value is -3.33. The average molecular weight is 423 g/mol. The van der Waals surface area contributed by atoms with Crippen molar-refractivity contribution in [3.05, 3.63) is 60.2 Å². The molecule has 1 aliphatic heterocycles. The molecule has 30 heavy (non-hydrogen) atoms. The van der Waals surface area contributed by atoms with E-state index in [-0.39, 0.29) is 5.75 Å². The maximum absolute atomic E-state index is 12.8. The number of carbonyl (C=O) groups is 3. The maximum Gasteiger partial charge on any atom is 0.344 e. The average Bonchev–Trinajstić information content (AvgIpc) is 3.26. The zero-order valence-corrected chi connectivity index (χ0v) is 17.2. The second-order valence-electron chi connectivity index (χ2n) is 7.27. The number of para-hydroxylation sites is 2. The van der Waals surface area contributed by atoms with Crippen LogP contribution in [-0.4, -0.2) is 44.1 Å². The van der Waals surface area contributed by atoms with E-state index in [2.05, 4.69) is 20.7 Å². The number of aryl methyl sites for hydroxylation is 1. The smallest absolute Gasteiger partial charge is 0.333 e. The standard InChI is InChI=1S/C21H21N5O3S/c1-21(12-11-14-7-3-2-4-8-14)18(28)26(20(29)24-21)25-17(27)13-30-19-22-15-9-5-6-10-16(15)23-19/h2-10H,11-13H2,1H3,(H,22,23)(H,24,29)(H,25,27)/t21-/m1/s1. The fourth-order valence-corrected chi connectivity index (χ4v) is 3.96. The van der Waals surface area contributed by atoms with Gasteiger partial charge in [0.15, 0.2) is 5.16 Å². The predicted octanol–water partition coefficient (Wildman–Crippen LogP) is 2.63. The lowest BCUT2D eigenvalue weighted by atomic mass is 9.93. The predicted molar refractivity (Wildman–Crippen MR) is 114 cm³/mol. The molecule has 1 fully saturated rings. The van der Waals surface area contributed by atoms with Gasteiger partial charge in [-0.2, -0.15) is 5.01 Å². The Bertz CT molecular complexity index is 1070. The van der Waals surface area contributed by atoms with Crippen molar-refractivity contribution in [2.75, 3.05) is 5.75 Å². The molecule has 154 valence electrons. The molecular formula is C21H21N5O3S. The number of thioether (sulfide) groups is 1. The summed E-state index contributed by atoms with van der Waals surface area (Å²) in [5.74, 6) is -0.917. The summed E-state index contributed by atoms with van der Waals surface area (Å²) in [5, 5.41) is 4.06. The number of nitrogens with one attached hydrogen (secondary N) is 3. The lowest BCUT2D eigenvalue weighted by Gasteiger charge is -2.21. The second-order valence-corrected chi connectivity index (χ2v) is 8.24. The Balaban J connectivity index is 1.33. The van der Waals surface area contributed by atoms with Crippen LogP contribution in [0.2, 0.25) is 0 Å². The van der Waals surface area contributed by atoms with E-state index in [4.69, 9.17) is 0 Å². The molecule has 0 saturated carbocycles. The number of aromatic nitrogens is 2. The molecule has 2 aromatic carbocycles. The van der Waals surface area contributed by atoms with Crippen LogP contribution >= 0.6 is 11.8 Å². The van der Waals surface area contributed by atoms with E-state index < -0.39 is 23.4 Å². The van der Waals surface area contributed by atoms with Gasteiger partial charge >= 0.3 is 6.03 Å². The first-order valence-electron chi connectivity index (χ1n) is 9.52. The lowest BCUT2D eigenvalue weighted by molar-refractivity contribution is -0.138. The van der Waals surface area contributed by atoms with Crippen molar-refractivity contribution in [2.45, 2.75) is 30.5 Å². The van der Waals surface area contributed by atoms with Crippen LogP contribution in [0.15, 0.2) is 59.8 Å². The molecule has 2 heterocycles. The summed E-state index contributed by atoms with van der Waals surface area (Å²) in [7, 11) is 0. The van der Waals surface area contributed by atoms with Gasteiger partial charge in [-0.15, -0.1) is 0 Å². The summed E-state index contributed by atoms with van der Waals surface area (Å²) in [6, 6.07) is 16.7. The van der Waals surface area contributed by atoms with Gasteiger partial charge in [-0.1, -0.05) is 54.2 Å². The van der Waals surface area contributed by atoms with E-state index >= 15 is 0 Å². The summed E-state index contributed by atoms with van der Waals surface area (Å²) in [5.41, 5.74) is 4.10. The number of fused-ring (bicyclic) bond motifs is 1. The van der Waals surface area contributed by atoms with Crippen LogP contribution in [-0.2, 0) is 16.0 Å². The van der Waals surface area contributed by atoms with Crippen molar-refractivity contribution in [3.63, 3.8) is 0 Å². The fraction of sp³-hybridized carbons (Fsp3) is 0.238. The van der Waals surface area contributed by atoms with Gasteiger partial charge in [-0.05, 0) is 37.5 Å². The largest absolute Gasteiger partial charge is 0.344 e. The first-order valence-corrected chi connectivity index (χ1v) is 10.5. The van der Waals surface area contributed by atoms with Crippen molar-refractivity contribution in [2.24, 2.45) is 0 Å². The van der Waals surface area contributed by atoms with Crippen molar-refractivity contribution < 1.29 is 14.4 Å². The first-order chi connectivity index (χ1) is 14.4. The third-order valence-corrected chi connectivity index (χ3v) is 5.83. The SMILES string of the molecule is C[C@]1(CCc2ccccc2)NC(=O)N(NC(=O)CSc2nc3ccccc3[nH]2)C1=O. The highest BCUT2D eigenvalue weighted by molar-refractivity contribution is 7.99. The number of nitrogens with zero attached hydrogens (tertiary/aromatic N) is 2. The number of hydrogen-bond acceptors (Lipinski definition) is 5. The van der Waals surface area contributed by atoms with Crippen LogP contribution in [0.25, 0.3) is 11.0 Å². The summed E-state index contributed by atoms with van der Waals surface area (Å²) in [6.45, 7) is 1.67. The molecule has 0 unspecified atom stereocenters. The minimum Gasteiger partial charge on any atom is -0.333 e. The third-order valence-electron chi connectivity index (χ3n) is 4.96. The molecule has 8 nitrogen and oxygen atoms in total. The van der Waals surface area contributed by atoms with Crippen LogP contribution in [0, 0.1) is 0 Å². The number of H-pyrrole nitrogens is 1. The first kappa shape index (κ1) is 20.0. The zero-order valence-electron chi connectivity index (χ0n) is 16.3. The normalized spacial score (nSPS) is 18.6. The van der Waals surface area contributed by atoms with Crippen LogP contribution < -0.4 is 10.7 Å². The van der Waals surface area contributed by atoms with E-state index in [1.54, 1.807) is 6.92 Å². The van der Waals surface area contributed by atoms with Crippen LogP contribution in [0.3, 0.4) is 0 Å². The third kappa shape index (κ3) is 4.16. The number of imide groups is 1. The number of urea groups is 1. The maximum atomic E-state index is 12.8. The molecule has 4 amide bonds. The molecule has 0 radical (unpaired) electrons. The van der Waals surface area contributed by atoms with E-state index in [9.17, 15) is 14.4 Å². The van der Waals surface area contributed by atoms with E-state index in [1.165, 1.54) is 11.8 Å². The minimum absolute atomic E-state index is 0.0115. The lowest BCUT2D eigenvalue weighted by Crippen LogP contribution is -2.49. The van der Waals surface area contributed by atoms with E-state index in [0.717, 1.165) is 21.6 Å². The highest BCUT2D eigenvalue weighted by Crippen LogP contribution is 2.23. The number of rotatable bonds is 7. The quantitative estimate of drug-likeness (QED) is 0.400. The Morgan fingerprint density at radius 2 is 1.87 bits per heavy atom. The number of amides is 4. The van der Waals surface area contributed by atoms with Crippen molar-refractivity contribution in [1.29, 1.82) is 0 Å². The fourth-order valence-electron chi connectivity index (χ4n) is 3.28. The summed E-state index contributed by atoms with van der Waals surface area (Å²) in [4.78, 5) is 44.9. The van der Waals surface area contributed by atoms with Crippen molar-refractivity contribution in [1.82, 2.24) is 25.7 Å². The van der Waals surface area contributed by atoms with Crippen LogP contribution in [0.1, 0.15) is 18.9 Å². The number of hydrazine groups is 1. The summed E-state index contributed by atoms with van der Waals surface area (Å²) >= 11 is 1.20. The number of imidazole rings is 1. The minimum atomic E-state index is -1.06. The Kier molecular flexibility index (Phi) is 5.45. The van der Waals surface area contributed by atoms with Gasteiger partial charge in [-0.25, -0.2) is 9.78 Å². The Morgan fingerprint density at radius 1 is 1.13 bits per heavy atom. The van der Waals surface area contributed by atoms with Gasteiger partial charge in [0.25, 0.3) is 5.91 Å². The van der Waals surface area contributed by atoms with Crippen LogP contribution in [0.4, 0.5) is 4.79 Å². The summed E-state index contributed by atoms with van der Waals surface area (Å²) < 4.78 is 0. The van der Waals surface area contributed by atoms with Gasteiger partial charge in [0.1, 0.15) is 5.54 Å². The number of aromatic amines is 1. The Morgan fingerprint density at radius 3 is 2.63 bits per heavy atom. The van der Waals surface area contributed by atoms with E-state index in [0.29, 0.717) is 18.0 Å². The molecule has 0 spiro atoms. The van der Waals surface area contributed by atoms with Crippen LogP contribution in [0.5, 0.6) is 0 Å². The van der Waals surface area contributed by atoms with Gasteiger partial charge in [0.2, 0.25) is 5.91 Å².